The Morgan fingerprint density at radius 3 is 2.41 bits per heavy atom. The van der Waals surface area contributed by atoms with E-state index in [1.807, 2.05) is 29.2 Å². The van der Waals surface area contributed by atoms with Gasteiger partial charge >= 0.3 is 0 Å². The van der Waals surface area contributed by atoms with Gasteiger partial charge in [-0.2, -0.15) is 0 Å². The van der Waals surface area contributed by atoms with Crippen molar-refractivity contribution in [2.75, 3.05) is 45.9 Å². The Balaban J connectivity index is 1.18. The summed E-state index contributed by atoms with van der Waals surface area (Å²) < 4.78 is 34.4. The number of hydrogen-bond donors (Lipinski definition) is 1. The van der Waals surface area contributed by atoms with E-state index in [9.17, 15) is 18.4 Å². The molecule has 0 radical (unpaired) electrons. The lowest BCUT2D eigenvalue weighted by molar-refractivity contribution is -0.129. The molecule has 39 heavy (non-hydrogen) atoms. The number of likely N-dealkylation sites (tertiary alicyclic amines) is 1. The number of nitrogens with one attached hydrogen (secondary N) is 1. The Morgan fingerprint density at radius 1 is 0.923 bits per heavy atom. The van der Waals surface area contributed by atoms with Crippen LogP contribution in [0.1, 0.15) is 45.2 Å². The highest BCUT2D eigenvalue weighted by Crippen LogP contribution is 2.30. The molecule has 3 aromatic rings. The fraction of sp³-hybridized carbons (Fsp3) is 0.379. The molecule has 3 aliphatic heterocycles. The second-order valence-corrected chi connectivity index (χ2v) is 10.1. The number of nitrogens with zero attached hydrogens (tertiary/aromatic N) is 4. The molecule has 6 rings (SSSR count). The maximum atomic E-state index is 14.5. The molecular formula is C29H29F2N5O3. The zero-order valence-corrected chi connectivity index (χ0v) is 21.5. The Hall–Kier alpha value is -3.76. The van der Waals surface area contributed by atoms with E-state index in [2.05, 4.69) is 20.2 Å². The Morgan fingerprint density at radius 2 is 1.67 bits per heavy atom. The van der Waals surface area contributed by atoms with E-state index in [1.165, 1.54) is 6.07 Å². The number of carbonyl (C=O) groups excluding carboxylic acids is 2. The number of rotatable bonds is 7. The van der Waals surface area contributed by atoms with Crippen LogP contribution in [0, 0.1) is 11.6 Å². The summed E-state index contributed by atoms with van der Waals surface area (Å²) in [4.78, 5) is 38.6. The standard InChI is InChI=1S/C29H29F2N5O3/c30-21-2-1-3-22(31)25(21)27-33-23(26-24(34-27)17-32-28(26)37)16-18-4-6-19(7-5-18)20-8-9-36(29(20)38)11-10-35-12-14-39-15-13-35/h1-7,20H,8-17H2,(H,32,37). The molecular weight excluding hydrogens is 504 g/mol. The van der Waals surface area contributed by atoms with Crippen molar-refractivity contribution < 1.29 is 23.1 Å². The van der Waals surface area contributed by atoms with Gasteiger partial charge in [0, 0.05) is 39.1 Å². The number of ether oxygens (including phenoxy) is 1. The number of benzene rings is 2. The van der Waals surface area contributed by atoms with Crippen LogP contribution in [0.25, 0.3) is 11.4 Å². The molecule has 0 aliphatic carbocycles. The number of carbonyl (C=O) groups is 2. The average Bonchev–Trinajstić information content (AvgIpc) is 3.50. The first kappa shape index (κ1) is 25.5. The van der Waals surface area contributed by atoms with Crippen molar-refractivity contribution in [2.45, 2.75) is 25.3 Å². The zero-order chi connectivity index (χ0) is 26.9. The van der Waals surface area contributed by atoms with Gasteiger partial charge in [-0.25, -0.2) is 18.7 Å². The molecule has 2 saturated heterocycles. The lowest BCUT2D eigenvalue weighted by Crippen LogP contribution is -2.42. The van der Waals surface area contributed by atoms with Crippen molar-refractivity contribution in [1.82, 2.24) is 25.1 Å². The van der Waals surface area contributed by atoms with Crippen molar-refractivity contribution in [3.63, 3.8) is 0 Å². The molecule has 8 nitrogen and oxygen atoms in total. The van der Waals surface area contributed by atoms with Gasteiger partial charge in [0.15, 0.2) is 5.82 Å². The van der Waals surface area contributed by atoms with E-state index < -0.39 is 11.6 Å². The molecule has 0 saturated carbocycles. The molecule has 1 N–H and O–H groups in total. The van der Waals surface area contributed by atoms with Crippen molar-refractivity contribution in [3.05, 3.63) is 82.2 Å². The second kappa shape index (κ2) is 10.8. The molecule has 1 atom stereocenters. The SMILES string of the molecule is O=C1NCc2nc(-c3c(F)cccc3F)nc(Cc3ccc(C4CCN(CCN5CCOCC5)C4=O)cc3)c21. The zero-order valence-electron chi connectivity index (χ0n) is 21.5. The van der Waals surface area contributed by atoms with Gasteiger partial charge in [-0.1, -0.05) is 30.3 Å². The Labute approximate surface area is 225 Å². The van der Waals surface area contributed by atoms with Gasteiger partial charge in [-0.15, -0.1) is 0 Å². The number of fused-ring (bicyclic) bond motifs is 1. The summed E-state index contributed by atoms with van der Waals surface area (Å²) in [5.74, 6) is -1.93. The van der Waals surface area contributed by atoms with Crippen molar-refractivity contribution in [1.29, 1.82) is 0 Å². The molecule has 2 aromatic carbocycles. The second-order valence-electron chi connectivity index (χ2n) is 10.1. The molecule has 1 aromatic heterocycles. The molecule has 0 bridgehead atoms. The highest BCUT2D eigenvalue weighted by Gasteiger charge is 2.33. The van der Waals surface area contributed by atoms with Crippen LogP contribution >= 0.6 is 0 Å². The van der Waals surface area contributed by atoms with Gasteiger partial charge in [-0.05, 0) is 29.7 Å². The normalized spacial score (nSPS) is 19.4. The first-order chi connectivity index (χ1) is 19.0. The van der Waals surface area contributed by atoms with Crippen LogP contribution in [0.4, 0.5) is 8.78 Å². The largest absolute Gasteiger partial charge is 0.379 e. The average molecular weight is 534 g/mol. The number of morpholine rings is 1. The third-order valence-electron chi connectivity index (χ3n) is 7.73. The smallest absolute Gasteiger partial charge is 0.255 e. The molecule has 10 heteroatoms. The van der Waals surface area contributed by atoms with E-state index in [0.717, 1.165) is 75.6 Å². The minimum absolute atomic E-state index is 0.0822. The monoisotopic (exact) mass is 533 g/mol. The van der Waals surface area contributed by atoms with Gasteiger partial charge in [0.1, 0.15) is 11.6 Å². The van der Waals surface area contributed by atoms with E-state index >= 15 is 0 Å². The summed E-state index contributed by atoms with van der Waals surface area (Å²) in [5.41, 5.74) is 2.70. The lowest BCUT2D eigenvalue weighted by atomic mass is 9.95. The molecule has 4 heterocycles. The van der Waals surface area contributed by atoms with Gasteiger partial charge in [0.05, 0.1) is 48.2 Å². The van der Waals surface area contributed by atoms with Gasteiger partial charge in [0.2, 0.25) is 5.91 Å². The van der Waals surface area contributed by atoms with Crippen LogP contribution in [-0.2, 0) is 22.5 Å². The number of hydrogen-bond acceptors (Lipinski definition) is 6. The van der Waals surface area contributed by atoms with Gasteiger partial charge in [-0.3, -0.25) is 14.5 Å². The van der Waals surface area contributed by atoms with E-state index in [1.54, 1.807) is 0 Å². The summed E-state index contributed by atoms with van der Waals surface area (Å²) in [7, 11) is 0. The highest BCUT2D eigenvalue weighted by atomic mass is 19.1. The van der Waals surface area contributed by atoms with Crippen LogP contribution in [-0.4, -0.2) is 77.5 Å². The van der Waals surface area contributed by atoms with E-state index in [0.29, 0.717) is 17.0 Å². The molecule has 202 valence electrons. The topological polar surface area (TPSA) is 87.7 Å². The predicted octanol–water partition coefficient (Wildman–Crippen LogP) is 2.90. The molecule has 2 amide bonds. The third-order valence-corrected chi connectivity index (χ3v) is 7.73. The molecule has 1 unspecified atom stereocenters. The van der Waals surface area contributed by atoms with Crippen molar-refractivity contribution in [3.8, 4) is 11.4 Å². The maximum Gasteiger partial charge on any atom is 0.255 e. The quantitative estimate of drug-likeness (QED) is 0.503. The summed E-state index contributed by atoms with van der Waals surface area (Å²) >= 11 is 0. The Kier molecular flexibility index (Phi) is 7.05. The fourth-order valence-corrected chi connectivity index (χ4v) is 5.57. The van der Waals surface area contributed by atoms with Gasteiger partial charge in [0.25, 0.3) is 5.91 Å². The lowest BCUT2D eigenvalue weighted by Gasteiger charge is -2.28. The maximum absolute atomic E-state index is 14.5. The Bertz CT molecular complexity index is 1390. The van der Waals surface area contributed by atoms with Crippen LogP contribution < -0.4 is 5.32 Å². The number of aromatic nitrogens is 2. The predicted molar refractivity (Wildman–Crippen MR) is 139 cm³/mol. The van der Waals surface area contributed by atoms with Crippen molar-refractivity contribution >= 4 is 11.8 Å². The van der Waals surface area contributed by atoms with Crippen LogP contribution in [0.15, 0.2) is 42.5 Å². The molecule has 0 spiro atoms. The van der Waals surface area contributed by atoms with Crippen LogP contribution in [0.3, 0.4) is 0 Å². The summed E-state index contributed by atoms with van der Waals surface area (Å²) in [6.45, 7) is 5.79. The summed E-state index contributed by atoms with van der Waals surface area (Å²) in [6.07, 6.45) is 1.06. The van der Waals surface area contributed by atoms with Gasteiger partial charge < -0.3 is 15.0 Å². The minimum Gasteiger partial charge on any atom is -0.379 e. The highest BCUT2D eigenvalue weighted by molar-refractivity contribution is 5.99. The summed E-state index contributed by atoms with van der Waals surface area (Å²) in [5, 5.41) is 2.73. The third kappa shape index (κ3) is 5.14. The van der Waals surface area contributed by atoms with Crippen LogP contribution in [0.5, 0.6) is 0 Å². The van der Waals surface area contributed by atoms with Crippen LogP contribution in [0.2, 0.25) is 0 Å². The minimum atomic E-state index is -0.761. The first-order valence-electron chi connectivity index (χ1n) is 13.3. The fourth-order valence-electron chi connectivity index (χ4n) is 5.57. The molecule has 2 fully saturated rings. The molecule has 3 aliphatic rings. The van der Waals surface area contributed by atoms with E-state index in [4.69, 9.17) is 4.74 Å². The van der Waals surface area contributed by atoms with Crippen molar-refractivity contribution in [2.24, 2.45) is 0 Å². The van der Waals surface area contributed by atoms with E-state index in [-0.39, 0.29) is 42.1 Å². The number of halogens is 2. The number of amides is 2. The first-order valence-corrected chi connectivity index (χ1v) is 13.3. The summed E-state index contributed by atoms with van der Waals surface area (Å²) in [6, 6.07) is 11.3.